The molecule has 4 aromatic rings. The zero-order valence-electron chi connectivity index (χ0n) is 28.7. The van der Waals surface area contributed by atoms with Crippen molar-refractivity contribution in [3.63, 3.8) is 0 Å². The molecular formula is C37H51N2P2Si2+. The third kappa shape index (κ3) is 5.59. The smallest absolute Gasteiger partial charge is 0.232 e. The van der Waals surface area contributed by atoms with E-state index in [4.69, 9.17) is 0 Å². The van der Waals surface area contributed by atoms with Crippen molar-refractivity contribution in [2.45, 2.75) is 67.0 Å². The van der Waals surface area contributed by atoms with Crippen molar-refractivity contribution in [3.8, 4) is 0 Å². The molecule has 0 amide bonds. The maximum absolute atomic E-state index is 2.65. The number of nitrogens with zero attached hydrogens (tertiary/aromatic N) is 2. The summed E-state index contributed by atoms with van der Waals surface area (Å²) >= 11 is 0. The Balaban J connectivity index is 2.04. The normalized spacial score (nSPS) is 19.0. The molecule has 226 valence electrons. The molecule has 0 fully saturated rings. The lowest BCUT2D eigenvalue weighted by molar-refractivity contribution is 1.21. The minimum atomic E-state index is -1.82. The third-order valence-electron chi connectivity index (χ3n) is 9.43. The molecule has 0 saturated carbocycles. The van der Waals surface area contributed by atoms with Gasteiger partial charge in [-0.2, -0.15) is 0 Å². The summed E-state index contributed by atoms with van der Waals surface area (Å²) in [5, 5.41) is 6.14. The first-order chi connectivity index (χ1) is 19.9. The van der Waals surface area contributed by atoms with E-state index in [0.717, 1.165) is 0 Å². The van der Waals surface area contributed by atoms with E-state index in [0.29, 0.717) is 0 Å². The van der Waals surface area contributed by atoms with Gasteiger partial charge >= 0.3 is 0 Å². The van der Waals surface area contributed by atoms with Gasteiger partial charge in [0.25, 0.3) is 0 Å². The summed E-state index contributed by atoms with van der Waals surface area (Å²) in [5.41, 5.74) is 10.8. The van der Waals surface area contributed by atoms with Crippen LogP contribution in [0.1, 0.15) is 22.3 Å². The average Bonchev–Trinajstić information content (AvgIpc) is 2.91. The maximum Gasteiger partial charge on any atom is 0.232 e. The zero-order valence-corrected chi connectivity index (χ0v) is 32.5. The minimum Gasteiger partial charge on any atom is -0.341 e. The van der Waals surface area contributed by atoms with Gasteiger partial charge in [-0.15, -0.1) is 0 Å². The van der Waals surface area contributed by atoms with E-state index in [1.54, 1.807) is 10.6 Å². The second-order valence-corrected chi connectivity index (χ2v) is 40.1. The van der Waals surface area contributed by atoms with Crippen LogP contribution < -0.4 is 31.0 Å². The molecule has 1 aliphatic rings. The third-order valence-corrected chi connectivity index (χ3v) is 32.8. The number of hydrogen-bond acceptors (Lipinski definition) is 2. The predicted octanol–water partition coefficient (Wildman–Crippen LogP) is 9.47. The Kier molecular flexibility index (Phi) is 8.45. The van der Waals surface area contributed by atoms with Crippen molar-refractivity contribution >= 4 is 73.7 Å². The molecule has 43 heavy (non-hydrogen) atoms. The molecule has 1 heterocycles. The molecule has 0 bridgehead atoms. The molecule has 0 saturated heterocycles. The molecule has 2 nitrogen and oxygen atoms in total. The van der Waals surface area contributed by atoms with Crippen molar-refractivity contribution in [3.05, 3.63) is 95.1 Å². The van der Waals surface area contributed by atoms with Gasteiger partial charge in [-0.25, -0.2) is 0 Å². The summed E-state index contributed by atoms with van der Waals surface area (Å²) < 4.78 is 0. The van der Waals surface area contributed by atoms with Crippen LogP contribution in [0.3, 0.4) is 0 Å². The molecule has 0 radical (unpaired) electrons. The second-order valence-electron chi connectivity index (χ2n) is 14.8. The number of aryl methyl sites for hydroxylation is 4. The SMILES string of the molecule is Cc1ccc2c(c1)N(C)c1cc(C)ccc1[P+](C)([Si](C)(C)C)c1ccc(C)cc1N(C)c1cc(C)ccc1P2[Si](C)(C)C. The molecule has 0 aromatic heterocycles. The second kappa shape index (κ2) is 11.3. The largest absolute Gasteiger partial charge is 0.341 e. The van der Waals surface area contributed by atoms with Crippen LogP contribution in [0.4, 0.5) is 22.7 Å². The Labute approximate surface area is 265 Å². The van der Waals surface area contributed by atoms with Gasteiger partial charge in [0.05, 0.1) is 19.1 Å². The fourth-order valence-corrected chi connectivity index (χ4v) is 24.5. The highest BCUT2D eigenvalue weighted by Crippen LogP contribution is 2.65. The zero-order chi connectivity index (χ0) is 31.6. The molecule has 0 aliphatic carbocycles. The Hall–Kier alpha value is -2.23. The summed E-state index contributed by atoms with van der Waals surface area (Å²) in [5.74, 6) is 0. The highest BCUT2D eigenvalue weighted by Gasteiger charge is 2.54. The molecule has 0 unspecified atom stereocenters. The minimum absolute atomic E-state index is 0.583. The first-order valence-corrected chi connectivity index (χ1v) is 27.8. The van der Waals surface area contributed by atoms with Crippen molar-refractivity contribution in [1.29, 1.82) is 0 Å². The van der Waals surface area contributed by atoms with Crippen LogP contribution in [0.2, 0.25) is 39.3 Å². The van der Waals surface area contributed by atoms with Gasteiger partial charge in [-0.3, -0.25) is 0 Å². The van der Waals surface area contributed by atoms with E-state index in [1.807, 2.05) is 0 Å². The van der Waals surface area contributed by atoms with E-state index < -0.39 is 29.8 Å². The summed E-state index contributed by atoms with van der Waals surface area (Å²) in [6.07, 6.45) is 0. The lowest BCUT2D eigenvalue weighted by Crippen LogP contribution is -2.43. The molecule has 5 rings (SSSR count). The number of fused-ring (bicyclic) bond motifs is 4. The summed E-state index contributed by atoms with van der Waals surface area (Å²) in [6.45, 7) is 25.3. The monoisotopic (exact) mass is 641 g/mol. The van der Waals surface area contributed by atoms with Crippen molar-refractivity contribution in [2.24, 2.45) is 0 Å². The number of hydrogen-bond donors (Lipinski definition) is 0. The van der Waals surface area contributed by atoms with E-state index in [1.165, 1.54) is 55.6 Å². The predicted molar refractivity (Wildman–Crippen MR) is 206 cm³/mol. The van der Waals surface area contributed by atoms with Gasteiger partial charge in [0.2, 0.25) is 7.74 Å². The van der Waals surface area contributed by atoms with Gasteiger partial charge in [-0.1, -0.05) is 63.5 Å². The van der Waals surface area contributed by atoms with Crippen LogP contribution in [0.5, 0.6) is 0 Å². The Morgan fingerprint density at radius 3 is 1.16 bits per heavy atom. The quantitative estimate of drug-likeness (QED) is 0.159. The highest BCUT2D eigenvalue weighted by molar-refractivity contribution is 8.17. The molecule has 6 heteroatoms. The van der Waals surface area contributed by atoms with E-state index >= 15 is 0 Å². The van der Waals surface area contributed by atoms with Crippen molar-refractivity contribution in [1.82, 2.24) is 0 Å². The summed E-state index contributed by atoms with van der Waals surface area (Å²) in [4.78, 5) is 5.15. The average molecular weight is 642 g/mol. The Morgan fingerprint density at radius 1 is 0.512 bits per heavy atom. The molecule has 4 aromatic carbocycles. The van der Waals surface area contributed by atoms with E-state index in [2.05, 4.69) is 170 Å². The van der Waals surface area contributed by atoms with Gasteiger partial charge in [0.15, 0.2) is 0 Å². The Bertz CT molecular complexity index is 1590. The number of rotatable bonds is 2. The fourth-order valence-electron chi connectivity index (χ4n) is 6.71. The standard InChI is InChI=1S/C37H51N2P2Si2/c1-26-14-18-34-30(22-26)38(5)32-24-28(3)16-20-36(32)41(7,43(11,12)13)37-21-17-29(4)25-33(37)39(6)31-23-27(2)15-19-35(31)40(34)42(8,9)10/h14-25H,1-13H3/q+1. The van der Waals surface area contributed by atoms with Gasteiger partial charge in [0, 0.05) is 49.6 Å². The molecule has 1 aliphatic heterocycles. The van der Waals surface area contributed by atoms with E-state index in [9.17, 15) is 0 Å². The first-order valence-electron chi connectivity index (χ1n) is 15.5. The van der Waals surface area contributed by atoms with Crippen LogP contribution in [0.25, 0.3) is 0 Å². The lowest BCUT2D eigenvalue weighted by Gasteiger charge is -2.42. The van der Waals surface area contributed by atoms with Gasteiger partial charge in [-0.05, 0) is 106 Å². The molecule has 0 atom stereocenters. The van der Waals surface area contributed by atoms with Gasteiger partial charge < -0.3 is 9.80 Å². The number of benzene rings is 4. The van der Waals surface area contributed by atoms with Crippen LogP contribution in [-0.4, -0.2) is 36.2 Å². The molecule has 0 spiro atoms. The van der Waals surface area contributed by atoms with E-state index in [-0.39, 0.29) is 0 Å². The lowest BCUT2D eigenvalue weighted by atomic mass is 10.1. The number of anilines is 4. The molecular weight excluding hydrogens is 591 g/mol. The summed E-state index contributed by atoms with van der Waals surface area (Å²) in [6, 6.07) is 29.2. The van der Waals surface area contributed by atoms with Gasteiger partial charge in [0.1, 0.15) is 10.6 Å². The van der Waals surface area contributed by atoms with Crippen LogP contribution in [0, 0.1) is 27.7 Å². The topological polar surface area (TPSA) is 6.48 Å². The Morgan fingerprint density at radius 2 is 0.837 bits per heavy atom. The van der Waals surface area contributed by atoms with Crippen molar-refractivity contribution < 1.29 is 0 Å². The first kappa shape index (κ1) is 32.2. The maximum atomic E-state index is 2.65. The molecule has 0 N–H and O–H groups in total. The fraction of sp³-hybridized carbons (Fsp3) is 0.351. The highest BCUT2D eigenvalue weighted by atomic mass is 31.4. The summed E-state index contributed by atoms with van der Waals surface area (Å²) in [7, 11) is 0.605. The van der Waals surface area contributed by atoms with Crippen LogP contribution in [-0.2, 0) is 0 Å². The van der Waals surface area contributed by atoms with Crippen LogP contribution in [0.15, 0.2) is 72.8 Å². The van der Waals surface area contributed by atoms with Crippen LogP contribution >= 0.6 is 14.3 Å². The van der Waals surface area contributed by atoms with Crippen molar-refractivity contribution in [2.75, 3.05) is 30.6 Å².